The molecule has 2 aromatic carbocycles. The molecular weight excluding hydrogens is 380 g/mol. The molecule has 0 aliphatic carbocycles. The minimum absolute atomic E-state index is 0.0747. The van der Waals surface area contributed by atoms with Gasteiger partial charge in [-0.1, -0.05) is 33.3 Å². The number of benzene rings is 2. The molecule has 0 radical (unpaired) electrons. The first kappa shape index (κ1) is 15.8. The number of carbonyl (C=O) groups excluding carboxylic acids is 1. The van der Waals surface area contributed by atoms with Gasteiger partial charge in [-0.25, -0.2) is 4.98 Å². The molecule has 0 unspecified atom stereocenters. The van der Waals surface area contributed by atoms with Gasteiger partial charge in [-0.15, -0.1) is 0 Å². The average Bonchev–Trinajstić information content (AvgIpc) is 2.96. The van der Waals surface area contributed by atoms with Gasteiger partial charge in [0.2, 0.25) is 0 Å². The van der Waals surface area contributed by atoms with E-state index in [1.165, 1.54) is 11.3 Å². The lowest BCUT2D eigenvalue weighted by Gasteiger charge is -2.05. The summed E-state index contributed by atoms with van der Waals surface area (Å²) >= 11 is 4.74. The molecule has 1 aromatic heterocycles. The number of nitrogens with zero attached hydrogens (tertiary/aromatic N) is 1. The summed E-state index contributed by atoms with van der Waals surface area (Å²) in [5.41, 5.74) is 0.740. The van der Waals surface area contributed by atoms with Crippen LogP contribution in [0.1, 0.15) is 0 Å². The summed E-state index contributed by atoms with van der Waals surface area (Å²) in [7, 11) is 1.60. The van der Waals surface area contributed by atoms with Gasteiger partial charge in [0.1, 0.15) is 17.0 Å². The number of rotatable bonds is 5. The van der Waals surface area contributed by atoms with E-state index in [2.05, 4.69) is 26.2 Å². The lowest BCUT2D eigenvalue weighted by atomic mass is 10.3. The Labute approximate surface area is 145 Å². The molecule has 5 nitrogen and oxygen atoms in total. The predicted molar refractivity (Wildman–Crippen MR) is 94.4 cm³/mol. The summed E-state index contributed by atoms with van der Waals surface area (Å²) in [5.74, 6) is 1.06. The molecule has 1 amide bonds. The Kier molecular flexibility index (Phi) is 4.78. The van der Waals surface area contributed by atoms with Crippen LogP contribution in [0.5, 0.6) is 11.5 Å². The van der Waals surface area contributed by atoms with Gasteiger partial charge in [0.05, 0.1) is 11.8 Å². The van der Waals surface area contributed by atoms with Gasteiger partial charge in [-0.2, -0.15) is 0 Å². The smallest absolute Gasteiger partial charge is 0.264 e. The van der Waals surface area contributed by atoms with Crippen molar-refractivity contribution in [3.63, 3.8) is 0 Å². The molecule has 0 fully saturated rings. The zero-order valence-corrected chi connectivity index (χ0v) is 14.6. The van der Waals surface area contributed by atoms with Gasteiger partial charge in [-0.3, -0.25) is 10.1 Å². The third kappa shape index (κ3) is 3.80. The molecule has 7 heteroatoms. The van der Waals surface area contributed by atoms with Gasteiger partial charge in [0, 0.05) is 4.47 Å². The Hall–Kier alpha value is -2.12. The SMILES string of the molecule is COc1cccc2sc(NC(=O)COc3ccc(Br)cc3)nc12. The second kappa shape index (κ2) is 6.97. The van der Waals surface area contributed by atoms with Crippen LogP contribution in [-0.4, -0.2) is 24.6 Å². The van der Waals surface area contributed by atoms with Crippen molar-refractivity contribution in [2.45, 2.75) is 0 Å². The summed E-state index contributed by atoms with van der Waals surface area (Å²) in [5, 5.41) is 3.27. The Morgan fingerprint density at radius 3 is 2.78 bits per heavy atom. The van der Waals surface area contributed by atoms with Gasteiger partial charge < -0.3 is 9.47 Å². The molecule has 0 atom stereocenters. The van der Waals surface area contributed by atoms with Crippen molar-refractivity contribution in [3.8, 4) is 11.5 Å². The molecule has 1 N–H and O–H groups in total. The van der Waals surface area contributed by atoms with E-state index in [4.69, 9.17) is 9.47 Å². The van der Waals surface area contributed by atoms with Crippen LogP contribution in [0.2, 0.25) is 0 Å². The van der Waals surface area contributed by atoms with E-state index in [-0.39, 0.29) is 12.5 Å². The van der Waals surface area contributed by atoms with Crippen molar-refractivity contribution in [1.82, 2.24) is 4.98 Å². The largest absolute Gasteiger partial charge is 0.494 e. The number of hydrogen-bond acceptors (Lipinski definition) is 5. The second-order valence-electron chi connectivity index (χ2n) is 4.62. The zero-order chi connectivity index (χ0) is 16.2. The highest BCUT2D eigenvalue weighted by atomic mass is 79.9. The van der Waals surface area contributed by atoms with Crippen LogP contribution in [0.25, 0.3) is 10.2 Å². The van der Waals surface area contributed by atoms with Crippen molar-refractivity contribution in [2.75, 3.05) is 19.0 Å². The highest BCUT2D eigenvalue weighted by Gasteiger charge is 2.11. The third-order valence-corrected chi connectivity index (χ3v) is 4.50. The fraction of sp³-hybridized carbons (Fsp3) is 0.125. The number of anilines is 1. The van der Waals surface area contributed by atoms with E-state index in [1.807, 2.05) is 30.3 Å². The molecule has 118 valence electrons. The maximum absolute atomic E-state index is 12.0. The first-order chi connectivity index (χ1) is 11.2. The van der Waals surface area contributed by atoms with E-state index in [0.717, 1.165) is 14.7 Å². The Balaban J connectivity index is 1.64. The van der Waals surface area contributed by atoms with Crippen LogP contribution in [-0.2, 0) is 4.79 Å². The number of amides is 1. The van der Waals surface area contributed by atoms with E-state index >= 15 is 0 Å². The lowest BCUT2D eigenvalue weighted by molar-refractivity contribution is -0.118. The number of carbonyl (C=O) groups is 1. The molecule has 0 bridgehead atoms. The minimum Gasteiger partial charge on any atom is -0.494 e. The van der Waals surface area contributed by atoms with Crippen molar-refractivity contribution in [2.24, 2.45) is 0 Å². The molecule has 0 saturated heterocycles. The van der Waals surface area contributed by atoms with Crippen molar-refractivity contribution in [1.29, 1.82) is 0 Å². The number of fused-ring (bicyclic) bond motifs is 1. The number of thiazole rings is 1. The third-order valence-electron chi connectivity index (χ3n) is 3.03. The molecular formula is C16H13BrN2O3S. The van der Waals surface area contributed by atoms with Gasteiger partial charge >= 0.3 is 0 Å². The molecule has 23 heavy (non-hydrogen) atoms. The predicted octanol–water partition coefficient (Wildman–Crippen LogP) is 4.08. The topological polar surface area (TPSA) is 60.5 Å². The standard InChI is InChI=1S/C16H13BrN2O3S/c1-21-12-3-2-4-13-15(12)19-16(23-13)18-14(20)9-22-11-7-5-10(17)6-8-11/h2-8H,9H2,1H3,(H,18,19,20). The summed E-state index contributed by atoms with van der Waals surface area (Å²) in [6.45, 7) is -0.0747. The molecule has 0 aliphatic heterocycles. The van der Waals surface area contributed by atoms with E-state index in [0.29, 0.717) is 16.6 Å². The number of halogens is 1. The number of para-hydroxylation sites is 1. The summed E-state index contributed by atoms with van der Waals surface area (Å²) < 4.78 is 12.6. The first-order valence-electron chi connectivity index (χ1n) is 6.77. The minimum atomic E-state index is -0.258. The van der Waals surface area contributed by atoms with Crippen LogP contribution in [0.3, 0.4) is 0 Å². The second-order valence-corrected chi connectivity index (χ2v) is 6.56. The fourth-order valence-corrected chi connectivity index (χ4v) is 3.14. The monoisotopic (exact) mass is 392 g/mol. The molecule has 1 heterocycles. The Bertz CT molecular complexity index is 833. The highest BCUT2D eigenvalue weighted by Crippen LogP contribution is 2.32. The van der Waals surface area contributed by atoms with Crippen LogP contribution in [0, 0.1) is 0 Å². The average molecular weight is 393 g/mol. The molecule has 0 aliphatic rings. The molecule has 0 spiro atoms. The number of ether oxygens (including phenoxy) is 2. The highest BCUT2D eigenvalue weighted by molar-refractivity contribution is 9.10. The quantitative estimate of drug-likeness (QED) is 0.710. The number of methoxy groups -OCH3 is 1. The lowest BCUT2D eigenvalue weighted by Crippen LogP contribution is -2.19. The van der Waals surface area contributed by atoms with E-state index < -0.39 is 0 Å². The van der Waals surface area contributed by atoms with E-state index in [1.54, 1.807) is 19.2 Å². The Morgan fingerprint density at radius 2 is 2.04 bits per heavy atom. The van der Waals surface area contributed by atoms with Crippen molar-refractivity contribution >= 4 is 48.5 Å². The van der Waals surface area contributed by atoms with Crippen molar-refractivity contribution in [3.05, 3.63) is 46.9 Å². The Morgan fingerprint density at radius 1 is 1.26 bits per heavy atom. The number of nitrogens with one attached hydrogen (secondary N) is 1. The normalized spacial score (nSPS) is 10.5. The molecule has 3 rings (SSSR count). The summed E-state index contributed by atoms with van der Waals surface area (Å²) in [6.07, 6.45) is 0. The van der Waals surface area contributed by atoms with Gasteiger partial charge in [-0.05, 0) is 36.4 Å². The maximum atomic E-state index is 12.0. The maximum Gasteiger partial charge on any atom is 0.264 e. The first-order valence-corrected chi connectivity index (χ1v) is 8.38. The van der Waals surface area contributed by atoms with Crippen molar-refractivity contribution < 1.29 is 14.3 Å². The fourth-order valence-electron chi connectivity index (χ4n) is 1.98. The van der Waals surface area contributed by atoms with Gasteiger partial charge in [0.15, 0.2) is 11.7 Å². The van der Waals surface area contributed by atoms with Crippen LogP contribution in [0.15, 0.2) is 46.9 Å². The van der Waals surface area contributed by atoms with Crippen LogP contribution in [0.4, 0.5) is 5.13 Å². The van der Waals surface area contributed by atoms with Gasteiger partial charge in [0.25, 0.3) is 5.91 Å². The molecule has 0 saturated carbocycles. The van der Waals surface area contributed by atoms with Crippen LogP contribution >= 0.6 is 27.3 Å². The van der Waals surface area contributed by atoms with Crippen LogP contribution < -0.4 is 14.8 Å². The number of hydrogen-bond donors (Lipinski definition) is 1. The summed E-state index contributed by atoms with van der Waals surface area (Å²) in [4.78, 5) is 16.4. The zero-order valence-electron chi connectivity index (χ0n) is 12.2. The molecule has 3 aromatic rings. The summed E-state index contributed by atoms with van der Waals surface area (Å²) in [6, 6.07) is 13.0. The van der Waals surface area contributed by atoms with E-state index in [9.17, 15) is 4.79 Å². The number of aromatic nitrogens is 1.